The van der Waals surface area contributed by atoms with Gasteiger partial charge in [0.25, 0.3) is 5.91 Å². The molecule has 6 nitrogen and oxygen atoms in total. The average molecular weight is 403 g/mol. The van der Waals surface area contributed by atoms with Crippen LogP contribution >= 0.6 is 11.3 Å². The molecule has 0 saturated carbocycles. The molecule has 0 unspecified atom stereocenters. The lowest BCUT2D eigenvalue weighted by molar-refractivity contribution is -0.135. The van der Waals surface area contributed by atoms with Crippen molar-refractivity contribution in [3.8, 4) is 0 Å². The first-order valence-electron chi connectivity index (χ1n) is 9.15. The number of unbranched alkanes of at least 4 members (excludes halogenated alkanes) is 1. The van der Waals surface area contributed by atoms with E-state index in [4.69, 9.17) is 0 Å². The number of hydrogen-bond acceptors (Lipinski definition) is 4. The summed E-state index contributed by atoms with van der Waals surface area (Å²) in [5.74, 6) is -1.32. The number of nitrogens with zero attached hydrogens (tertiary/aromatic N) is 1. The van der Waals surface area contributed by atoms with Gasteiger partial charge >= 0.3 is 6.03 Å². The van der Waals surface area contributed by atoms with E-state index >= 15 is 0 Å². The number of nitrogens with one attached hydrogen (secondary N) is 2. The van der Waals surface area contributed by atoms with Crippen molar-refractivity contribution in [2.75, 3.05) is 6.54 Å². The summed E-state index contributed by atoms with van der Waals surface area (Å²) in [7, 11) is 0. The van der Waals surface area contributed by atoms with Gasteiger partial charge in [0.2, 0.25) is 5.91 Å². The monoisotopic (exact) mass is 403 g/mol. The highest BCUT2D eigenvalue weighted by atomic mass is 32.1. The van der Waals surface area contributed by atoms with Crippen LogP contribution in [0.3, 0.4) is 0 Å². The van der Waals surface area contributed by atoms with Crippen molar-refractivity contribution >= 4 is 29.2 Å². The predicted octanol–water partition coefficient (Wildman–Crippen LogP) is 3.14. The maximum atomic E-state index is 13.3. The molecule has 0 aliphatic carbocycles. The van der Waals surface area contributed by atoms with Gasteiger partial charge in [-0.25, -0.2) is 9.18 Å². The fourth-order valence-corrected chi connectivity index (χ4v) is 3.90. The molecule has 1 fully saturated rings. The highest BCUT2D eigenvalue weighted by Crippen LogP contribution is 2.34. The van der Waals surface area contributed by atoms with E-state index < -0.39 is 29.2 Å². The minimum Gasteiger partial charge on any atom is -0.350 e. The van der Waals surface area contributed by atoms with E-state index in [2.05, 4.69) is 10.6 Å². The van der Waals surface area contributed by atoms with Crippen LogP contribution in [0.5, 0.6) is 0 Å². The first-order chi connectivity index (χ1) is 13.5. The topological polar surface area (TPSA) is 78.5 Å². The van der Waals surface area contributed by atoms with Crippen molar-refractivity contribution in [3.05, 3.63) is 58.0 Å². The van der Waals surface area contributed by atoms with Crippen LogP contribution in [0, 0.1) is 5.82 Å². The number of benzene rings is 1. The molecule has 0 bridgehead atoms. The maximum Gasteiger partial charge on any atom is 0.325 e. The lowest BCUT2D eigenvalue weighted by Gasteiger charge is -2.27. The Morgan fingerprint density at radius 3 is 2.64 bits per heavy atom. The molecule has 1 saturated heterocycles. The van der Waals surface area contributed by atoms with Crippen LogP contribution in [0.2, 0.25) is 0 Å². The molecule has 0 spiro atoms. The number of rotatable bonds is 8. The summed E-state index contributed by atoms with van der Waals surface area (Å²) in [6.07, 6.45) is 1.90. The molecular formula is C20H22FN3O3S. The molecular weight excluding hydrogens is 381 g/mol. The maximum absolute atomic E-state index is 13.3. The zero-order chi connectivity index (χ0) is 20.1. The van der Waals surface area contributed by atoms with Crippen LogP contribution in [0.25, 0.3) is 0 Å². The van der Waals surface area contributed by atoms with Crippen LogP contribution in [0.1, 0.15) is 36.6 Å². The highest BCUT2D eigenvalue weighted by molar-refractivity contribution is 7.09. The van der Waals surface area contributed by atoms with Gasteiger partial charge in [-0.3, -0.25) is 14.5 Å². The number of hydrogen-bond donors (Lipinski definition) is 2. The van der Waals surface area contributed by atoms with Gasteiger partial charge in [-0.1, -0.05) is 38.0 Å². The molecule has 1 atom stereocenters. The molecule has 8 heteroatoms. The standard InChI is InChI=1S/C20H22FN3O3S/c1-2-3-10-20(14-6-8-15(21)9-7-14)18(26)24(19(27)23-20)13-17(25)22-12-16-5-4-11-28-16/h4-9,11H,2-3,10,12-13H2,1H3,(H,22,25)(H,23,27)/t20-/m1/s1. The number of thiophene rings is 1. The van der Waals surface area contributed by atoms with Crippen LogP contribution in [0.15, 0.2) is 41.8 Å². The lowest BCUT2D eigenvalue weighted by atomic mass is 9.85. The van der Waals surface area contributed by atoms with Gasteiger partial charge in [-0.2, -0.15) is 0 Å². The van der Waals surface area contributed by atoms with Crippen molar-refractivity contribution in [1.29, 1.82) is 0 Å². The highest BCUT2D eigenvalue weighted by Gasteiger charge is 2.52. The van der Waals surface area contributed by atoms with Crippen molar-refractivity contribution in [2.45, 2.75) is 38.3 Å². The van der Waals surface area contributed by atoms with E-state index in [1.54, 1.807) is 0 Å². The normalized spacial score (nSPS) is 19.0. The summed E-state index contributed by atoms with van der Waals surface area (Å²) in [5.41, 5.74) is -0.753. The molecule has 2 heterocycles. The summed E-state index contributed by atoms with van der Waals surface area (Å²) in [4.78, 5) is 39.9. The summed E-state index contributed by atoms with van der Waals surface area (Å²) in [5, 5.41) is 7.38. The Morgan fingerprint density at radius 1 is 1.25 bits per heavy atom. The zero-order valence-corrected chi connectivity index (χ0v) is 16.4. The second kappa shape index (κ2) is 8.52. The molecule has 2 aromatic rings. The Hall–Kier alpha value is -2.74. The third kappa shape index (κ3) is 4.06. The molecule has 28 heavy (non-hydrogen) atoms. The molecule has 3 rings (SSSR count). The Kier molecular flexibility index (Phi) is 6.08. The van der Waals surface area contributed by atoms with E-state index in [-0.39, 0.29) is 6.54 Å². The van der Waals surface area contributed by atoms with Gasteiger partial charge in [-0.15, -0.1) is 11.3 Å². The minimum absolute atomic E-state index is 0.346. The number of halogens is 1. The van der Waals surface area contributed by atoms with Gasteiger partial charge in [0.05, 0.1) is 6.54 Å². The van der Waals surface area contributed by atoms with Crippen LogP contribution in [-0.4, -0.2) is 29.3 Å². The fourth-order valence-electron chi connectivity index (χ4n) is 3.25. The average Bonchev–Trinajstić information content (AvgIpc) is 3.28. The van der Waals surface area contributed by atoms with Crippen molar-refractivity contribution in [3.63, 3.8) is 0 Å². The minimum atomic E-state index is -1.27. The van der Waals surface area contributed by atoms with E-state index in [9.17, 15) is 18.8 Å². The van der Waals surface area contributed by atoms with E-state index in [0.717, 1.165) is 16.2 Å². The first-order valence-corrected chi connectivity index (χ1v) is 10.0. The molecule has 148 valence electrons. The SMILES string of the molecule is CCCC[C@]1(c2ccc(F)cc2)NC(=O)N(CC(=O)NCc2cccs2)C1=O. The Balaban J connectivity index is 1.76. The second-order valence-corrected chi connectivity index (χ2v) is 7.73. The summed E-state index contributed by atoms with van der Waals surface area (Å²) < 4.78 is 13.3. The number of amides is 4. The second-order valence-electron chi connectivity index (χ2n) is 6.69. The molecule has 1 aliphatic heterocycles. The summed E-state index contributed by atoms with van der Waals surface area (Å²) in [6, 6.07) is 8.69. The molecule has 1 aliphatic rings. The molecule has 1 aromatic heterocycles. The first kappa shape index (κ1) is 20.0. The Morgan fingerprint density at radius 2 is 2.00 bits per heavy atom. The Labute approximate surface area is 166 Å². The number of urea groups is 1. The van der Waals surface area contributed by atoms with Gasteiger partial charge in [0.15, 0.2) is 0 Å². The van der Waals surface area contributed by atoms with E-state index in [0.29, 0.717) is 24.9 Å². The molecule has 2 N–H and O–H groups in total. The van der Waals surface area contributed by atoms with E-state index in [1.165, 1.54) is 35.6 Å². The van der Waals surface area contributed by atoms with Crippen LogP contribution in [-0.2, 0) is 21.7 Å². The third-order valence-corrected chi connectivity index (χ3v) is 5.64. The molecule has 4 amide bonds. The summed E-state index contributed by atoms with van der Waals surface area (Å²) >= 11 is 1.51. The Bertz CT molecular complexity index is 854. The van der Waals surface area contributed by atoms with Crippen molar-refractivity contribution < 1.29 is 18.8 Å². The fraction of sp³-hybridized carbons (Fsp3) is 0.350. The van der Waals surface area contributed by atoms with Gasteiger partial charge in [0, 0.05) is 4.88 Å². The molecule has 0 radical (unpaired) electrons. The van der Waals surface area contributed by atoms with Gasteiger partial charge in [0.1, 0.15) is 17.9 Å². The van der Waals surface area contributed by atoms with Crippen molar-refractivity contribution in [2.24, 2.45) is 0 Å². The largest absolute Gasteiger partial charge is 0.350 e. The van der Waals surface area contributed by atoms with Gasteiger partial charge < -0.3 is 10.6 Å². The number of carbonyl (C=O) groups excluding carboxylic acids is 3. The van der Waals surface area contributed by atoms with Crippen molar-refractivity contribution in [1.82, 2.24) is 15.5 Å². The summed E-state index contributed by atoms with van der Waals surface area (Å²) in [6.45, 7) is 1.97. The van der Waals surface area contributed by atoms with Gasteiger partial charge in [-0.05, 0) is 35.6 Å². The number of imide groups is 1. The molecule has 1 aromatic carbocycles. The predicted molar refractivity (Wildman–Crippen MR) is 104 cm³/mol. The lowest BCUT2D eigenvalue weighted by Crippen LogP contribution is -2.45. The van der Waals surface area contributed by atoms with E-state index in [1.807, 2.05) is 24.4 Å². The van der Waals surface area contributed by atoms with Crippen LogP contribution < -0.4 is 10.6 Å². The smallest absolute Gasteiger partial charge is 0.325 e. The third-order valence-electron chi connectivity index (χ3n) is 4.76. The zero-order valence-electron chi connectivity index (χ0n) is 15.5. The quantitative estimate of drug-likeness (QED) is 0.665. The number of carbonyl (C=O) groups is 3. The van der Waals surface area contributed by atoms with Crippen LogP contribution in [0.4, 0.5) is 9.18 Å².